The van der Waals surface area contributed by atoms with Gasteiger partial charge in [0, 0.05) is 33.2 Å². The van der Waals surface area contributed by atoms with E-state index in [0.29, 0.717) is 5.84 Å². The molecule has 0 saturated carbocycles. The van der Waals surface area contributed by atoms with E-state index in [0.717, 1.165) is 38.7 Å². The maximum Gasteiger partial charge on any atom is 0.154 e. The SMILES string of the molecule is N=C(/N=C(\N)c1ccc2ccccc2c1-c1ccc(-n2c3ccccc3c3c4ccccc4ccc32)cc1)c1ccccc1. The summed E-state index contributed by atoms with van der Waals surface area (Å²) in [5.74, 6) is 0.453. The number of benzene rings is 7. The van der Waals surface area contributed by atoms with E-state index in [2.05, 4.69) is 113 Å². The highest BCUT2D eigenvalue weighted by atomic mass is 15.0. The minimum Gasteiger partial charge on any atom is -0.383 e. The van der Waals surface area contributed by atoms with Crippen LogP contribution in [0.4, 0.5) is 0 Å². The molecule has 8 aromatic rings. The van der Waals surface area contributed by atoms with Crippen molar-refractivity contribution in [2.45, 2.75) is 0 Å². The predicted octanol–water partition coefficient (Wildman–Crippen LogP) is 9.49. The first kappa shape index (κ1) is 25.7. The van der Waals surface area contributed by atoms with Gasteiger partial charge in [-0.3, -0.25) is 5.41 Å². The number of aromatic nitrogens is 1. The summed E-state index contributed by atoms with van der Waals surface area (Å²) in [6.45, 7) is 0. The molecule has 44 heavy (non-hydrogen) atoms. The van der Waals surface area contributed by atoms with Crippen molar-refractivity contribution in [2.24, 2.45) is 10.7 Å². The fourth-order valence-electron chi connectivity index (χ4n) is 6.43. The Kier molecular flexibility index (Phi) is 6.05. The average Bonchev–Trinajstić information content (AvgIpc) is 3.43. The van der Waals surface area contributed by atoms with Crippen molar-refractivity contribution in [2.75, 3.05) is 0 Å². The van der Waals surface area contributed by atoms with Crippen molar-refractivity contribution in [1.29, 1.82) is 5.41 Å². The molecule has 0 saturated heterocycles. The fraction of sp³-hybridized carbons (Fsp3) is 0. The molecule has 0 fully saturated rings. The van der Waals surface area contributed by atoms with Crippen LogP contribution in [0.1, 0.15) is 11.1 Å². The van der Waals surface area contributed by atoms with Crippen LogP contribution in [0.15, 0.2) is 157 Å². The number of nitrogens with one attached hydrogen (secondary N) is 1. The molecule has 0 unspecified atom stereocenters. The second-order valence-electron chi connectivity index (χ2n) is 11.0. The number of para-hydroxylation sites is 1. The van der Waals surface area contributed by atoms with Gasteiger partial charge in [-0.15, -0.1) is 0 Å². The smallest absolute Gasteiger partial charge is 0.154 e. The van der Waals surface area contributed by atoms with Crippen molar-refractivity contribution in [3.63, 3.8) is 0 Å². The lowest BCUT2D eigenvalue weighted by Gasteiger charge is -2.15. The van der Waals surface area contributed by atoms with Crippen molar-refractivity contribution < 1.29 is 0 Å². The van der Waals surface area contributed by atoms with Gasteiger partial charge in [0.1, 0.15) is 5.84 Å². The Labute approximate surface area is 254 Å². The molecular weight excluding hydrogens is 536 g/mol. The number of nitrogens with zero attached hydrogens (tertiary/aromatic N) is 2. The lowest BCUT2D eigenvalue weighted by atomic mass is 9.92. The maximum absolute atomic E-state index is 8.57. The van der Waals surface area contributed by atoms with E-state index in [9.17, 15) is 0 Å². The Morgan fingerprint density at radius 2 is 1.16 bits per heavy atom. The van der Waals surface area contributed by atoms with Gasteiger partial charge in [-0.25, -0.2) is 4.99 Å². The molecule has 7 aromatic carbocycles. The van der Waals surface area contributed by atoms with Crippen LogP contribution in [-0.4, -0.2) is 16.2 Å². The van der Waals surface area contributed by atoms with Crippen LogP contribution in [-0.2, 0) is 0 Å². The Bertz CT molecular complexity index is 2400. The van der Waals surface area contributed by atoms with Crippen LogP contribution in [0, 0.1) is 5.41 Å². The molecule has 8 rings (SSSR count). The molecule has 0 amide bonds. The molecule has 0 aliphatic heterocycles. The van der Waals surface area contributed by atoms with Crippen LogP contribution in [0.3, 0.4) is 0 Å². The monoisotopic (exact) mass is 564 g/mol. The highest BCUT2D eigenvalue weighted by Gasteiger charge is 2.17. The van der Waals surface area contributed by atoms with Gasteiger partial charge >= 0.3 is 0 Å². The fourth-order valence-corrected chi connectivity index (χ4v) is 6.43. The molecule has 1 heterocycles. The van der Waals surface area contributed by atoms with Gasteiger partial charge in [0.15, 0.2) is 5.84 Å². The minimum atomic E-state index is 0.136. The predicted molar refractivity (Wildman–Crippen MR) is 185 cm³/mol. The zero-order valence-corrected chi connectivity index (χ0v) is 23.9. The number of fused-ring (bicyclic) bond motifs is 6. The van der Waals surface area contributed by atoms with Gasteiger partial charge in [-0.1, -0.05) is 127 Å². The second-order valence-corrected chi connectivity index (χ2v) is 11.0. The maximum atomic E-state index is 8.57. The number of rotatable bonds is 4. The molecule has 0 spiro atoms. The summed E-state index contributed by atoms with van der Waals surface area (Å²) in [6.07, 6.45) is 0. The summed E-state index contributed by atoms with van der Waals surface area (Å²) >= 11 is 0. The molecule has 1 aromatic heterocycles. The van der Waals surface area contributed by atoms with E-state index in [4.69, 9.17) is 11.1 Å². The van der Waals surface area contributed by atoms with Crippen LogP contribution in [0.25, 0.3) is 60.2 Å². The first-order valence-electron chi connectivity index (χ1n) is 14.7. The Morgan fingerprint density at radius 1 is 0.545 bits per heavy atom. The molecule has 0 atom stereocenters. The standard InChI is InChI=1S/C40H28N4/c41-39(29-12-2-1-3-13-29)43-40(42)34-24-20-26-10-4-6-14-31(26)37(34)28-18-22-30(23-19-28)44-35-17-9-8-16-33(35)38-32-15-7-5-11-27(32)21-25-36(38)44/h1-25H,(H3,41,42,43). The molecule has 3 N–H and O–H groups in total. The molecule has 4 nitrogen and oxygen atoms in total. The van der Waals surface area contributed by atoms with E-state index in [1.165, 1.54) is 32.6 Å². The average molecular weight is 565 g/mol. The summed E-state index contributed by atoms with van der Waals surface area (Å²) in [6, 6.07) is 52.2. The van der Waals surface area contributed by atoms with E-state index in [1.807, 2.05) is 48.5 Å². The van der Waals surface area contributed by atoms with Crippen LogP contribution in [0.2, 0.25) is 0 Å². The number of nitrogens with two attached hydrogens (primary N) is 1. The Hall–Kier alpha value is -6.00. The zero-order chi connectivity index (χ0) is 29.6. The minimum absolute atomic E-state index is 0.136. The lowest BCUT2D eigenvalue weighted by molar-refractivity contribution is 1.18. The van der Waals surface area contributed by atoms with E-state index in [-0.39, 0.29) is 5.84 Å². The third kappa shape index (κ3) is 4.16. The van der Waals surface area contributed by atoms with Crippen molar-refractivity contribution in [1.82, 2.24) is 4.57 Å². The first-order chi connectivity index (χ1) is 21.7. The van der Waals surface area contributed by atoms with E-state index >= 15 is 0 Å². The molecular formula is C40H28N4. The molecule has 0 aliphatic carbocycles. The molecule has 208 valence electrons. The van der Waals surface area contributed by atoms with Crippen LogP contribution in [0.5, 0.6) is 0 Å². The summed E-state index contributed by atoms with van der Waals surface area (Å²) in [4.78, 5) is 4.54. The lowest BCUT2D eigenvalue weighted by Crippen LogP contribution is -2.17. The number of hydrogen-bond acceptors (Lipinski definition) is 1. The third-order valence-corrected chi connectivity index (χ3v) is 8.46. The third-order valence-electron chi connectivity index (χ3n) is 8.46. The van der Waals surface area contributed by atoms with Gasteiger partial charge in [0.25, 0.3) is 0 Å². The molecule has 4 heteroatoms. The Morgan fingerprint density at radius 3 is 1.93 bits per heavy atom. The summed E-state index contributed by atoms with van der Waals surface area (Å²) in [5.41, 5.74) is 13.7. The number of hydrogen-bond donors (Lipinski definition) is 2. The molecule has 0 bridgehead atoms. The van der Waals surface area contributed by atoms with Gasteiger partial charge in [0.05, 0.1) is 11.0 Å². The topological polar surface area (TPSA) is 67.2 Å². The van der Waals surface area contributed by atoms with Crippen LogP contribution >= 0.6 is 0 Å². The van der Waals surface area contributed by atoms with Gasteiger partial charge in [-0.2, -0.15) is 0 Å². The zero-order valence-electron chi connectivity index (χ0n) is 23.9. The van der Waals surface area contributed by atoms with Gasteiger partial charge in [-0.05, 0) is 51.4 Å². The van der Waals surface area contributed by atoms with Crippen molar-refractivity contribution in [3.05, 3.63) is 163 Å². The van der Waals surface area contributed by atoms with Gasteiger partial charge in [0.2, 0.25) is 0 Å². The highest BCUT2D eigenvalue weighted by Crippen LogP contribution is 2.38. The second kappa shape index (κ2) is 10.4. The van der Waals surface area contributed by atoms with Crippen LogP contribution < -0.4 is 5.73 Å². The Balaban J connectivity index is 1.29. The molecule has 0 radical (unpaired) electrons. The quantitative estimate of drug-likeness (QED) is 0.162. The first-order valence-corrected chi connectivity index (χ1v) is 14.7. The van der Waals surface area contributed by atoms with Crippen molar-refractivity contribution >= 4 is 55.0 Å². The van der Waals surface area contributed by atoms with Gasteiger partial charge < -0.3 is 10.3 Å². The van der Waals surface area contributed by atoms with Crippen molar-refractivity contribution in [3.8, 4) is 16.8 Å². The normalized spacial score (nSPS) is 12.0. The summed E-state index contributed by atoms with van der Waals surface area (Å²) < 4.78 is 2.35. The van der Waals surface area contributed by atoms with E-state index < -0.39 is 0 Å². The largest absolute Gasteiger partial charge is 0.383 e. The number of amidine groups is 2. The summed E-state index contributed by atoms with van der Waals surface area (Å²) in [7, 11) is 0. The highest BCUT2D eigenvalue weighted by molar-refractivity contribution is 6.21. The van der Waals surface area contributed by atoms with E-state index in [1.54, 1.807) is 0 Å². The number of aliphatic imine (C=N–C) groups is 1. The molecule has 0 aliphatic rings. The summed E-state index contributed by atoms with van der Waals surface area (Å²) in [5, 5.41) is 15.8.